The largest absolute Gasteiger partial charge is 0.369 e. The minimum atomic E-state index is 0.442. The van der Waals surface area contributed by atoms with Crippen molar-refractivity contribution in [3.63, 3.8) is 0 Å². The topological polar surface area (TPSA) is 37.0 Å². The van der Waals surface area contributed by atoms with E-state index >= 15 is 0 Å². The Labute approximate surface area is 89.9 Å². The van der Waals surface area contributed by atoms with Gasteiger partial charge in [0.25, 0.3) is 0 Å². The predicted octanol–water partition coefficient (Wildman–Crippen LogP) is 2.14. The Morgan fingerprint density at radius 3 is 2.86 bits per heavy atom. The normalized spacial score (nSPS) is 12.5. The van der Waals surface area contributed by atoms with Crippen LogP contribution in [0.1, 0.15) is 13.8 Å². The van der Waals surface area contributed by atoms with Crippen LogP contribution in [0.25, 0.3) is 0 Å². The summed E-state index contributed by atoms with van der Waals surface area (Å²) in [6.07, 6.45) is 1.64. The summed E-state index contributed by atoms with van der Waals surface area (Å²) in [7, 11) is 0. The van der Waals surface area contributed by atoms with Crippen LogP contribution in [0, 0.1) is 0 Å². The summed E-state index contributed by atoms with van der Waals surface area (Å²) in [5.74, 6) is 0.860. The van der Waals surface area contributed by atoms with Crippen LogP contribution in [0.3, 0.4) is 0 Å². The third-order valence-corrected chi connectivity index (χ3v) is 2.09. The summed E-state index contributed by atoms with van der Waals surface area (Å²) in [4.78, 5) is 4.14. The highest BCUT2D eigenvalue weighted by Gasteiger charge is 1.99. The second-order valence-electron chi connectivity index (χ2n) is 3.20. The summed E-state index contributed by atoms with van der Waals surface area (Å²) in [5.41, 5.74) is 0. The minimum absolute atomic E-state index is 0.442. The van der Waals surface area contributed by atoms with E-state index in [9.17, 15) is 0 Å². The van der Waals surface area contributed by atoms with Crippen molar-refractivity contribution >= 4 is 17.4 Å². The molecule has 0 saturated carbocycles. The number of anilines is 1. The zero-order valence-electron chi connectivity index (χ0n) is 8.55. The quantitative estimate of drug-likeness (QED) is 0.787. The van der Waals surface area contributed by atoms with E-state index in [0.29, 0.717) is 11.1 Å². The van der Waals surface area contributed by atoms with E-state index in [-0.39, 0.29) is 0 Å². The molecule has 1 aromatic rings. The molecule has 14 heavy (non-hydrogen) atoms. The van der Waals surface area contributed by atoms with Crippen molar-refractivity contribution in [3.05, 3.63) is 23.4 Å². The SMILES string of the molecule is CCN[C@@H](C)CNc1ccc(Cl)cn1. The van der Waals surface area contributed by atoms with E-state index in [1.165, 1.54) is 0 Å². The van der Waals surface area contributed by atoms with Gasteiger partial charge >= 0.3 is 0 Å². The first-order chi connectivity index (χ1) is 6.72. The molecule has 1 aromatic heterocycles. The van der Waals surface area contributed by atoms with Crippen molar-refractivity contribution in [2.75, 3.05) is 18.4 Å². The molecule has 0 aliphatic heterocycles. The minimum Gasteiger partial charge on any atom is -0.369 e. The predicted molar refractivity (Wildman–Crippen MR) is 60.9 cm³/mol. The lowest BCUT2D eigenvalue weighted by atomic mass is 10.3. The highest BCUT2D eigenvalue weighted by molar-refractivity contribution is 6.30. The van der Waals surface area contributed by atoms with Crippen LogP contribution >= 0.6 is 11.6 Å². The van der Waals surface area contributed by atoms with E-state index in [1.54, 1.807) is 6.20 Å². The Hall–Kier alpha value is -0.800. The molecule has 2 N–H and O–H groups in total. The Balaban J connectivity index is 2.34. The number of rotatable bonds is 5. The molecule has 0 fully saturated rings. The van der Waals surface area contributed by atoms with Crippen LogP contribution in [0.2, 0.25) is 5.02 Å². The third-order valence-electron chi connectivity index (χ3n) is 1.87. The van der Waals surface area contributed by atoms with Crippen LogP contribution in [-0.4, -0.2) is 24.1 Å². The van der Waals surface area contributed by atoms with Gasteiger partial charge in [0, 0.05) is 18.8 Å². The molecular weight excluding hydrogens is 198 g/mol. The molecule has 0 saturated heterocycles. The second-order valence-corrected chi connectivity index (χ2v) is 3.64. The zero-order chi connectivity index (χ0) is 10.4. The number of nitrogens with zero attached hydrogens (tertiary/aromatic N) is 1. The Bertz CT molecular complexity index is 261. The van der Waals surface area contributed by atoms with Crippen LogP contribution < -0.4 is 10.6 Å². The van der Waals surface area contributed by atoms with Gasteiger partial charge < -0.3 is 10.6 Å². The number of likely N-dealkylation sites (N-methyl/N-ethyl adjacent to an activating group) is 1. The van der Waals surface area contributed by atoms with Crippen molar-refractivity contribution in [2.45, 2.75) is 19.9 Å². The molecule has 1 atom stereocenters. The van der Waals surface area contributed by atoms with Crippen molar-refractivity contribution in [2.24, 2.45) is 0 Å². The molecule has 1 rings (SSSR count). The fraction of sp³-hybridized carbons (Fsp3) is 0.500. The number of hydrogen-bond acceptors (Lipinski definition) is 3. The molecule has 1 heterocycles. The van der Waals surface area contributed by atoms with Crippen LogP contribution in [0.4, 0.5) is 5.82 Å². The Kier molecular flexibility index (Phi) is 4.70. The van der Waals surface area contributed by atoms with E-state index in [4.69, 9.17) is 11.6 Å². The Morgan fingerprint density at radius 2 is 2.29 bits per heavy atom. The highest BCUT2D eigenvalue weighted by atomic mass is 35.5. The standard InChI is InChI=1S/C10H16ClN3/c1-3-12-8(2)6-13-10-5-4-9(11)7-14-10/h4-5,7-8,12H,3,6H2,1-2H3,(H,13,14)/t8-/m0/s1. The molecule has 0 aromatic carbocycles. The monoisotopic (exact) mass is 213 g/mol. The van der Waals surface area contributed by atoms with E-state index in [0.717, 1.165) is 18.9 Å². The van der Waals surface area contributed by atoms with Crippen molar-refractivity contribution in [1.82, 2.24) is 10.3 Å². The van der Waals surface area contributed by atoms with Crippen LogP contribution in [0.5, 0.6) is 0 Å². The zero-order valence-corrected chi connectivity index (χ0v) is 9.30. The molecule has 0 bridgehead atoms. The first-order valence-corrected chi connectivity index (χ1v) is 5.19. The fourth-order valence-electron chi connectivity index (χ4n) is 1.16. The van der Waals surface area contributed by atoms with Gasteiger partial charge in [-0.1, -0.05) is 18.5 Å². The van der Waals surface area contributed by atoms with Crippen molar-refractivity contribution < 1.29 is 0 Å². The summed E-state index contributed by atoms with van der Waals surface area (Å²) < 4.78 is 0. The molecule has 0 unspecified atom stereocenters. The lowest BCUT2D eigenvalue weighted by molar-refractivity contribution is 0.589. The first kappa shape index (κ1) is 11.3. The maximum Gasteiger partial charge on any atom is 0.126 e. The maximum absolute atomic E-state index is 5.72. The summed E-state index contributed by atoms with van der Waals surface area (Å²) in [6, 6.07) is 4.15. The summed E-state index contributed by atoms with van der Waals surface area (Å²) >= 11 is 5.72. The van der Waals surface area contributed by atoms with Crippen molar-refractivity contribution in [1.29, 1.82) is 0 Å². The summed E-state index contributed by atoms with van der Waals surface area (Å²) in [6.45, 7) is 6.07. The summed E-state index contributed by atoms with van der Waals surface area (Å²) in [5, 5.41) is 7.20. The Morgan fingerprint density at radius 1 is 1.50 bits per heavy atom. The number of halogens is 1. The van der Waals surface area contributed by atoms with Gasteiger partial charge in [-0.2, -0.15) is 0 Å². The van der Waals surface area contributed by atoms with Crippen LogP contribution in [-0.2, 0) is 0 Å². The molecule has 0 amide bonds. The molecule has 0 aliphatic carbocycles. The molecule has 3 nitrogen and oxygen atoms in total. The van der Waals surface area contributed by atoms with E-state index < -0.39 is 0 Å². The number of nitrogens with one attached hydrogen (secondary N) is 2. The smallest absolute Gasteiger partial charge is 0.126 e. The molecule has 0 radical (unpaired) electrons. The van der Waals surface area contributed by atoms with Gasteiger partial charge in [-0.15, -0.1) is 0 Å². The molecular formula is C10H16ClN3. The molecule has 4 heteroatoms. The van der Waals surface area contributed by atoms with E-state index in [1.807, 2.05) is 12.1 Å². The van der Waals surface area contributed by atoms with Gasteiger partial charge in [0.15, 0.2) is 0 Å². The maximum atomic E-state index is 5.72. The number of hydrogen-bond donors (Lipinski definition) is 2. The van der Waals surface area contributed by atoms with Gasteiger partial charge in [0.05, 0.1) is 5.02 Å². The third kappa shape index (κ3) is 3.94. The molecule has 78 valence electrons. The van der Waals surface area contributed by atoms with Gasteiger partial charge in [-0.3, -0.25) is 0 Å². The van der Waals surface area contributed by atoms with Crippen LogP contribution in [0.15, 0.2) is 18.3 Å². The average molecular weight is 214 g/mol. The van der Waals surface area contributed by atoms with Gasteiger partial charge in [0.1, 0.15) is 5.82 Å². The van der Waals surface area contributed by atoms with Gasteiger partial charge in [-0.05, 0) is 25.6 Å². The second kappa shape index (κ2) is 5.83. The molecule has 0 spiro atoms. The van der Waals surface area contributed by atoms with E-state index in [2.05, 4.69) is 29.5 Å². The van der Waals surface area contributed by atoms with Gasteiger partial charge in [0.2, 0.25) is 0 Å². The highest BCUT2D eigenvalue weighted by Crippen LogP contribution is 2.09. The number of pyridine rings is 1. The van der Waals surface area contributed by atoms with Crippen molar-refractivity contribution in [3.8, 4) is 0 Å². The molecule has 0 aliphatic rings. The van der Waals surface area contributed by atoms with Gasteiger partial charge in [-0.25, -0.2) is 4.98 Å². The lowest BCUT2D eigenvalue weighted by Crippen LogP contribution is -2.32. The average Bonchev–Trinajstić information content (AvgIpc) is 2.17. The fourth-order valence-corrected chi connectivity index (χ4v) is 1.27. The number of aromatic nitrogens is 1. The lowest BCUT2D eigenvalue weighted by Gasteiger charge is -2.13. The first-order valence-electron chi connectivity index (χ1n) is 4.81.